The highest BCUT2D eigenvalue weighted by atomic mass is 32.1. The molecule has 0 aliphatic rings. The van der Waals surface area contributed by atoms with Gasteiger partial charge in [-0.2, -0.15) is 0 Å². The number of rotatable bonds is 4. The normalized spacial score (nSPS) is 12.1. The summed E-state index contributed by atoms with van der Waals surface area (Å²) in [5.74, 6) is 0.439. The lowest BCUT2D eigenvalue weighted by atomic mass is 9.92. The lowest BCUT2D eigenvalue weighted by molar-refractivity contribution is 0.471. The van der Waals surface area contributed by atoms with Crippen LogP contribution < -0.4 is 10.6 Å². The molecule has 1 unspecified atom stereocenters. The molecule has 0 heterocycles. The van der Waals surface area contributed by atoms with Crippen molar-refractivity contribution in [3.8, 4) is 0 Å². The third-order valence-electron chi connectivity index (χ3n) is 3.99. The van der Waals surface area contributed by atoms with Crippen LogP contribution in [-0.2, 0) is 0 Å². The molecule has 0 aliphatic carbocycles. The van der Waals surface area contributed by atoms with Crippen molar-refractivity contribution >= 4 is 23.0 Å². The summed E-state index contributed by atoms with van der Waals surface area (Å²) >= 11 is 5.52. The second-order valence-corrected chi connectivity index (χ2v) is 6.96. The number of anilines is 1. The largest absolute Gasteiger partial charge is 0.355 e. The van der Waals surface area contributed by atoms with Crippen LogP contribution in [0.25, 0.3) is 0 Å². The topological polar surface area (TPSA) is 24.1 Å². The number of hydrogen-bond donors (Lipinski definition) is 2. The SMILES string of the molecule is Cc1cccc(NC(=S)NC(c2ccc(C)cc2C)C(C)C)c1. The molecule has 0 aromatic heterocycles. The highest BCUT2D eigenvalue weighted by molar-refractivity contribution is 7.80. The van der Waals surface area contributed by atoms with Crippen molar-refractivity contribution < 1.29 is 0 Å². The molecule has 0 aliphatic heterocycles. The van der Waals surface area contributed by atoms with Crippen molar-refractivity contribution in [1.29, 1.82) is 0 Å². The number of hydrogen-bond acceptors (Lipinski definition) is 1. The highest BCUT2D eigenvalue weighted by Gasteiger charge is 2.18. The van der Waals surface area contributed by atoms with Gasteiger partial charge in [0.05, 0.1) is 6.04 Å². The zero-order valence-corrected chi connectivity index (χ0v) is 15.4. The van der Waals surface area contributed by atoms with Gasteiger partial charge in [0, 0.05) is 5.69 Å². The lowest BCUT2D eigenvalue weighted by Crippen LogP contribution is -2.35. The van der Waals surface area contributed by atoms with Crippen LogP contribution in [-0.4, -0.2) is 5.11 Å². The molecule has 2 aromatic carbocycles. The van der Waals surface area contributed by atoms with E-state index in [0.29, 0.717) is 11.0 Å². The molecule has 2 rings (SSSR count). The molecule has 0 bridgehead atoms. The number of benzene rings is 2. The molecule has 3 heteroatoms. The third-order valence-corrected chi connectivity index (χ3v) is 4.21. The van der Waals surface area contributed by atoms with Crippen LogP contribution in [0, 0.1) is 26.7 Å². The van der Waals surface area contributed by atoms with E-state index in [1.165, 1.54) is 22.3 Å². The lowest BCUT2D eigenvalue weighted by Gasteiger charge is -2.26. The molecule has 2 N–H and O–H groups in total. The maximum atomic E-state index is 5.52. The monoisotopic (exact) mass is 326 g/mol. The smallest absolute Gasteiger partial charge is 0.171 e. The molecule has 2 nitrogen and oxygen atoms in total. The minimum atomic E-state index is 0.195. The fourth-order valence-electron chi connectivity index (χ4n) is 2.81. The van der Waals surface area contributed by atoms with Crippen molar-refractivity contribution in [2.75, 3.05) is 5.32 Å². The van der Waals surface area contributed by atoms with Gasteiger partial charge >= 0.3 is 0 Å². The van der Waals surface area contributed by atoms with Gasteiger partial charge in [0.2, 0.25) is 0 Å². The maximum Gasteiger partial charge on any atom is 0.171 e. The summed E-state index contributed by atoms with van der Waals surface area (Å²) in [5.41, 5.74) is 6.13. The van der Waals surface area contributed by atoms with E-state index >= 15 is 0 Å². The summed E-state index contributed by atoms with van der Waals surface area (Å²) in [4.78, 5) is 0. The summed E-state index contributed by atoms with van der Waals surface area (Å²) in [6, 6.07) is 15.0. The Bertz CT molecular complexity index is 692. The Hall–Kier alpha value is -1.87. The highest BCUT2D eigenvalue weighted by Crippen LogP contribution is 2.25. The van der Waals surface area contributed by atoms with Crippen molar-refractivity contribution in [2.24, 2.45) is 5.92 Å². The number of nitrogens with one attached hydrogen (secondary N) is 2. The molecule has 0 spiro atoms. The van der Waals surface area contributed by atoms with E-state index in [4.69, 9.17) is 12.2 Å². The first-order valence-corrected chi connectivity index (χ1v) is 8.49. The van der Waals surface area contributed by atoms with Gasteiger partial charge in [0.15, 0.2) is 5.11 Å². The Labute approximate surface area is 145 Å². The zero-order valence-electron chi connectivity index (χ0n) is 14.6. The Morgan fingerprint density at radius 2 is 1.65 bits per heavy atom. The predicted octanol–water partition coefficient (Wildman–Crippen LogP) is 5.30. The van der Waals surface area contributed by atoms with Crippen LogP contribution in [0.1, 0.15) is 42.1 Å². The Kier molecular flexibility index (Phi) is 5.78. The van der Waals surface area contributed by atoms with Gasteiger partial charge in [-0.3, -0.25) is 0 Å². The van der Waals surface area contributed by atoms with E-state index in [9.17, 15) is 0 Å². The molecule has 0 saturated carbocycles. The van der Waals surface area contributed by atoms with Gasteiger partial charge in [0.25, 0.3) is 0 Å². The van der Waals surface area contributed by atoms with Gasteiger partial charge in [-0.25, -0.2) is 0 Å². The maximum absolute atomic E-state index is 5.52. The average Bonchev–Trinajstić information content (AvgIpc) is 2.45. The second kappa shape index (κ2) is 7.60. The minimum absolute atomic E-state index is 0.195. The molecule has 2 aromatic rings. The van der Waals surface area contributed by atoms with E-state index in [1.54, 1.807) is 0 Å². The molecule has 23 heavy (non-hydrogen) atoms. The quantitative estimate of drug-likeness (QED) is 0.746. The fraction of sp³-hybridized carbons (Fsp3) is 0.350. The van der Waals surface area contributed by atoms with Crippen LogP contribution in [0.4, 0.5) is 5.69 Å². The summed E-state index contributed by atoms with van der Waals surface area (Å²) in [6.45, 7) is 10.8. The van der Waals surface area contributed by atoms with Gasteiger partial charge in [-0.05, 0) is 67.7 Å². The molecule has 0 saturated heterocycles. The fourth-order valence-corrected chi connectivity index (χ4v) is 3.05. The Morgan fingerprint density at radius 1 is 0.957 bits per heavy atom. The minimum Gasteiger partial charge on any atom is -0.355 e. The second-order valence-electron chi connectivity index (χ2n) is 6.55. The van der Waals surface area contributed by atoms with E-state index in [2.05, 4.69) is 75.6 Å². The molecular formula is C20H26N2S. The first-order chi connectivity index (χ1) is 10.9. The van der Waals surface area contributed by atoms with Crippen LogP contribution in [0.5, 0.6) is 0 Å². The number of aryl methyl sites for hydroxylation is 3. The molecule has 0 fully saturated rings. The van der Waals surface area contributed by atoms with Gasteiger partial charge in [-0.15, -0.1) is 0 Å². The van der Waals surface area contributed by atoms with Gasteiger partial charge < -0.3 is 10.6 Å². The molecule has 0 radical (unpaired) electrons. The van der Waals surface area contributed by atoms with Crippen LogP contribution in [0.15, 0.2) is 42.5 Å². The van der Waals surface area contributed by atoms with E-state index < -0.39 is 0 Å². The van der Waals surface area contributed by atoms with Crippen LogP contribution in [0.3, 0.4) is 0 Å². The summed E-state index contributed by atoms with van der Waals surface area (Å²) in [6.07, 6.45) is 0. The van der Waals surface area contributed by atoms with Crippen molar-refractivity contribution in [1.82, 2.24) is 5.32 Å². The van der Waals surface area contributed by atoms with E-state index in [0.717, 1.165) is 5.69 Å². The van der Waals surface area contributed by atoms with Crippen molar-refractivity contribution in [3.63, 3.8) is 0 Å². The Morgan fingerprint density at radius 3 is 2.26 bits per heavy atom. The molecular weight excluding hydrogens is 300 g/mol. The van der Waals surface area contributed by atoms with E-state index in [1.807, 2.05) is 12.1 Å². The Balaban J connectivity index is 2.14. The van der Waals surface area contributed by atoms with Gasteiger partial charge in [0.1, 0.15) is 0 Å². The predicted molar refractivity (Wildman–Crippen MR) is 104 cm³/mol. The first-order valence-electron chi connectivity index (χ1n) is 8.08. The molecule has 122 valence electrons. The van der Waals surface area contributed by atoms with Gasteiger partial charge in [-0.1, -0.05) is 49.7 Å². The van der Waals surface area contributed by atoms with Crippen molar-refractivity contribution in [2.45, 2.75) is 40.7 Å². The van der Waals surface area contributed by atoms with Crippen molar-refractivity contribution in [3.05, 3.63) is 64.7 Å². The first kappa shape index (κ1) is 17.5. The average molecular weight is 327 g/mol. The molecule has 0 amide bonds. The summed E-state index contributed by atoms with van der Waals surface area (Å²) < 4.78 is 0. The molecule has 1 atom stereocenters. The standard InChI is InChI=1S/C20H26N2S/c1-13(2)19(18-10-9-15(4)11-16(18)5)22-20(23)21-17-8-6-7-14(3)12-17/h6-13,19H,1-5H3,(H2,21,22,23). The van der Waals surface area contributed by atoms with Crippen LogP contribution >= 0.6 is 12.2 Å². The zero-order chi connectivity index (χ0) is 17.0. The third kappa shape index (κ3) is 4.80. The summed E-state index contributed by atoms with van der Waals surface area (Å²) in [7, 11) is 0. The number of thiocarbonyl (C=S) groups is 1. The van der Waals surface area contributed by atoms with E-state index in [-0.39, 0.29) is 6.04 Å². The van der Waals surface area contributed by atoms with Crippen LogP contribution in [0.2, 0.25) is 0 Å². The summed E-state index contributed by atoms with van der Waals surface area (Å²) in [5, 5.41) is 7.43.